The van der Waals surface area contributed by atoms with Crippen molar-refractivity contribution in [1.29, 1.82) is 0 Å². The lowest BCUT2D eigenvalue weighted by Crippen LogP contribution is -2.43. The minimum atomic E-state index is -0.554. The normalized spacial score (nSPS) is 21.3. The highest BCUT2D eigenvalue weighted by Crippen LogP contribution is 2.42. The molecule has 2 heterocycles. The number of aliphatic hydroxyl groups is 1. The van der Waals surface area contributed by atoms with Gasteiger partial charge in [0.15, 0.2) is 6.29 Å². The van der Waals surface area contributed by atoms with Crippen molar-refractivity contribution in [3.63, 3.8) is 0 Å². The summed E-state index contributed by atoms with van der Waals surface area (Å²) in [7, 11) is 2.11. The first-order chi connectivity index (χ1) is 18.5. The summed E-state index contributed by atoms with van der Waals surface area (Å²) >= 11 is 0. The molecule has 0 aliphatic carbocycles. The van der Waals surface area contributed by atoms with E-state index < -0.39 is 6.29 Å². The number of aromatic nitrogens is 1. The molecule has 38 heavy (non-hydrogen) atoms. The van der Waals surface area contributed by atoms with Crippen LogP contribution in [0.1, 0.15) is 48.6 Å². The summed E-state index contributed by atoms with van der Waals surface area (Å²) in [6, 6.07) is 21.2. The van der Waals surface area contributed by atoms with Crippen LogP contribution in [0.2, 0.25) is 0 Å². The Kier molecular flexibility index (Phi) is 9.84. The second-order valence-corrected chi connectivity index (χ2v) is 9.76. The van der Waals surface area contributed by atoms with Crippen LogP contribution in [0, 0.1) is 5.92 Å². The molecular weight excluding hydrogens is 480 g/mol. The molecule has 3 aromatic rings. The Morgan fingerprint density at radius 3 is 2.42 bits per heavy atom. The average Bonchev–Trinajstić information content (AvgIpc) is 2.94. The van der Waals surface area contributed by atoms with E-state index in [9.17, 15) is 9.90 Å². The number of pyridine rings is 1. The number of carbonyl (C=O) groups excluding carboxylic acids is 1. The Hall–Kier alpha value is -3.30. The number of carbonyl (C=O) groups is 1. The second-order valence-electron chi connectivity index (χ2n) is 9.76. The molecular formula is C30H38N4O4. The van der Waals surface area contributed by atoms with Crippen LogP contribution in [-0.4, -0.2) is 53.8 Å². The highest BCUT2D eigenvalue weighted by molar-refractivity contribution is 5.89. The van der Waals surface area contributed by atoms with Gasteiger partial charge in [-0.3, -0.25) is 4.98 Å². The van der Waals surface area contributed by atoms with Crippen LogP contribution in [0.25, 0.3) is 0 Å². The van der Waals surface area contributed by atoms with Gasteiger partial charge >= 0.3 is 6.03 Å². The minimum absolute atomic E-state index is 0.00739. The van der Waals surface area contributed by atoms with Gasteiger partial charge in [-0.25, -0.2) is 4.79 Å². The predicted octanol–water partition coefficient (Wildman–Crippen LogP) is 4.68. The van der Waals surface area contributed by atoms with Gasteiger partial charge in [-0.05, 0) is 49.4 Å². The van der Waals surface area contributed by atoms with Gasteiger partial charge in [0.1, 0.15) is 0 Å². The van der Waals surface area contributed by atoms with Gasteiger partial charge in [0.25, 0.3) is 0 Å². The molecule has 4 atom stereocenters. The van der Waals surface area contributed by atoms with Crippen molar-refractivity contribution >= 4 is 11.7 Å². The molecule has 1 aliphatic heterocycles. The van der Waals surface area contributed by atoms with Crippen LogP contribution < -0.4 is 10.6 Å². The Bertz CT molecular complexity index is 1140. The number of urea groups is 1. The van der Waals surface area contributed by atoms with Crippen LogP contribution in [-0.2, 0) is 22.5 Å². The molecule has 8 nitrogen and oxygen atoms in total. The van der Waals surface area contributed by atoms with Crippen molar-refractivity contribution < 1.29 is 19.4 Å². The number of hydrogen-bond acceptors (Lipinski definition) is 6. The Morgan fingerprint density at radius 2 is 1.76 bits per heavy atom. The number of rotatable bonds is 10. The maximum Gasteiger partial charge on any atom is 0.319 e. The van der Waals surface area contributed by atoms with Crippen molar-refractivity contribution in [1.82, 2.24) is 15.2 Å². The third kappa shape index (κ3) is 7.39. The first kappa shape index (κ1) is 27.7. The molecule has 202 valence electrons. The summed E-state index contributed by atoms with van der Waals surface area (Å²) in [5.74, 6) is 0.0993. The maximum atomic E-state index is 11.9. The van der Waals surface area contributed by atoms with Crippen LogP contribution >= 0.6 is 0 Å². The van der Waals surface area contributed by atoms with Crippen molar-refractivity contribution in [2.45, 2.75) is 45.4 Å². The Morgan fingerprint density at radius 1 is 1.03 bits per heavy atom. The number of ether oxygens (including phenoxy) is 2. The molecule has 4 rings (SSSR count). The van der Waals surface area contributed by atoms with E-state index in [4.69, 9.17) is 9.47 Å². The summed E-state index contributed by atoms with van der Waals surface area (Å²) in [6.07, 6.45) is 1.89. The third-order valence-electron chi connectivity index (χ3n) is 6.87. The lowest BCUT2D eigenvalue weighted by Gasteiger charge is -2.42. The fourth-order valence-electron chi connectivity index (χ4n) is 4.64. The standard InChI is InChI=1S/C30H38N4O4/c1-4-31-30(36)33-26-14-12-24(13-15-26)29-37-27(19-34(3)18-16-25-7-5-6-17-32-25)21(2)28(38-29)23-10-8-22(20-35)9-11-23/h5-15,17,21,27-29,35H,4,16,18-20H2,1-3H3,(H2,31,33,36). The van der Waals surface area contributed by atoms with Crippen LogP contribution in [0.5, 0.6) is 0 Å². The van der Waals surface area contributed by atoms with E-state index in [1.54, 1.807) is 0 Å². The van der Waals surface area contributed by atoms with Crippen LogP contribution in [0.3, 0.4) is 0 Å². The van der Waals surface area contributed by atoms with Crippen LogP contribution in [0.4, 0.5) is 10.5 Å². The summed E-state index contributed by atoms with van der Waals surface area (Å²) < 4.78 is 13.1. The molecule has 1 saturated heterocycles. The van der Waals surface area contributed by atoms with Gasteiger partial charge in [-0.1, -0.05) is 49.4 Å². The summed E-state index contributed by atoms with van der Waals surface area (Å²) in [4.78, 5) is 18.6. The number of nitrogens with zero attached hydrogens (tertiary/aromatic N) is 2. The zero-order valence-corrected chi connectivity index (χ0v) is 22.3. The van der Waals surface area contributed by atoms with E-state index in [1.807, 2.05) is 79.9 Å². The second kappa shape index (κ2) is 13.5. The fourth-order valence-corrected chi connectivity index (χ4v) is 4.64. The van der Waals surface area contributed by atoms with Gasteiger partial charge in [0.2, 0.25) is 0 Å². The molecule has 2 aromatic carbocycles. The molecule has 2 amide bonds. The molecule has 0 radical (unpaired) electrons. The van der Waals surface area contributed by atoms with Gasteiger partial charge in [0, 0.05) is 55.1 Å². The number of anilines is 1. The van der Waals surface area contributed by atoms with Crippen molar-refractivity contribution in [2.75, 3.05) is 32.0 Å². The van der Waals surface area contributed by atoms with Gasteiger partial charge < -0.3 is 30.1 Å². The Balaban J connectivity index is 1.50. The molecule has 8 heteroatoms. The minimum Gasteiger partial charge on any atom is -0.392 e. The lowest BCUT2D eigenvalue weighted by molar-refractivity contribution is -0.275. The predicted molar refractivity (Wildman–Crippen MR) is 148 cm³/mol. The first-order valence-electron chi connectivity index (χ1n) is 13.2. The van der Waals surface area contributed by atoms with E-state index >= 15 is 0 Å². The molecule has 1 aromatic heterocycles. The fraction of sp³-hybridized carbons (Fsp3) is 0.400. The Labute approximate surface area is 225 Å². The van der Waals surface area contributed by atoms with Gasteiger partial charge in [0.05, 0.1) is 18.8 Å². The van der Waals surface area contributed by atoms with E-state index in [0.717, 1.165) is 41.9 Å². The number of nitrogens with one attached hydrogen (secondary N) is 2. The summed E-state index contributed by atoms with van der Waals surface area (Å²) in [5, 5.41) is 15.0. The quantitative estimate of drug-likeness (QED) is 0.361. The third-order valence-corrected chi connectivity index (χ3v) is 6.87. The molecule has 1 aliphatic rings. The number of likely N-dealkylation sites (N-methyl/N-ethyl adjacent to an activating group) is 1. The number of hydrogen-bond donors (Lipinski definition) is 3. The molecule has 4 unspecified atom stereocenters. The van der Waals surface area contributed by atoms with Gasteiger partial charge in [-0.2, -0.15) is 0 Å². The zero-order valence-electron chi connectivity index (χ0n) is 22.3. The van der Waals surface area contributed by atoms with E-state index in [1.165, 1.54) is 0 Å². The largest absolute Gasteiger partial charge is 0.392 e. The van der Waals surface area contributed by atoms with Gasteiger partial charge in [-0.15, -0.1) is 0 Å². The molecule has 3 N–H and O–H groups in total. The van der Waals surface area contributed by atoms with Crippen molar-refractivity contribution in [3.05, 3.63) is 95.3 Å². The highest BCUT2D eigenvalue weighted by atomic mass is 16.7. The monoisotopic (exact) mass is 518 g/mol. The molecule has 0 spiro atoms. The zero-order chi connectivity index (χ0) is 26.9. The average molecular weight is 519 g/mol. The van der Waals surface area contributed by atoms with Crippen molar-refractivity contribution in [3.8, 4) is 0 Å². The molecule has 1 fully saturated rings. The lowest BCUT2D eigenvalue weighted by atomic mass is 9.90. The van der Waals surface area contributed by atoms with E-state index in [-0.39, 0.29) is 30.8 Å². The van der Waals surface area contributed by atoms with E-state index in [2.05, 4.69) is 34.5 Å². The summed E-state index contributed by atoms with van der Waals surface area (Å²) in [5.41, 5.74) is 4.58. The first-order valence-corrected chi connectivity index (χ1v) is 13.2. The van der Waals surface area contributed by atoms with Crippen molar-refractivity contribution in [2.24, 2.45) is 5.92 Å². The summed E-state index contributed by atoms with van der Waals surface area (Å²) in [6.45, 7) is 6.22. The number of benzene rings is 2. The SMILES string of the molecule is CCNC(=O)Nc1ccc(C2OC(CN(C)CCc3ccccn3)C(C)C(c3ccc(CO)cc3)O2)cc1. The smallest absolute Gasteiger partial charge is 0.319 e. The topological polar surface area (TPSA) is 96.0 Å². The highest BCUT2D eigenvalue weighted by Gasteiger charge is 2.38. The number of amides is 2. The number of aliphatic hydroxyl groups excluding tert-OH is 1. The molecule has 0 saturated carbocycles. The molecule has 0 bridgehead atoms. The van der Waals surface area contributed by atoms with Crippen LogP contribution in [0.15, 0.2) is 72.9 Å². The van der Waals surface area contributed by atoms with E-state index in [0.29, 0.717) is 12.2 Å². The maximum absolute atomic E-state index is 11.9.